The van der Waals surface area contributed by atoms with Gasteiger partial charge in [-0.2, -0.15) is 4.98 Å². The van der Waals surface area contributed by atoms with E-state index in [1.807, 2.05) is 0 Å². The molecule has 74 valence electrons. The maximum atomic E-state index is 11.3. The summed E-state index contributed by atoms with van der Waals surface area (Å²) in [6.07, 6.45) is 2.25. The molecule has 2 aromatic heterocycles. The summed E-state index contributed by atoms with van der Waals surface area (Å²) < 4.78 is 0. The smallest absolute Gasteiger partial charge is 0.859 e. The van der Waals surface area contributed by atoms with Crippen molar-refractivity contribution < 1.29 is 63.3 Å². The molecule has 0 saturated carbocycles. The zero-order chi connectivity index (χ0) is 10.1. The zero-order valence-electron chi connectivity index (χ0n) is 8.33. The number of nitrogens with one attached hydrogen (secondary N) is 2. The van der Waals surface area contributed by atoms with Gasteiger partial charge in [0.25, 0.3) is 0 Å². The molecule has 0 bridgehead atoms. The van der Waals surface area contributed by atoms with Crippen molar-refractivity contribution in [1.29, 1.82) is 0 Å². The van der Waals surface area contributed by atoms with E-state index < -0.39 is 11.6 Å². The second-order valence-corrected chi connectivity index (χ2v) is 2.95. The summed E-state index contributed by atoms with van der Waals surface area (Å²) in [4.78, 5) is 19.5. The van der Waals surface area contributed by atoms with Gasteiger partial charge in [0.05, 0.1) is 11.0 Å². The molecule has 0 aliphatic heterocycles. The van der Waals surface area contributed by atoms with Crippen molar-refractivity contribution in [3.63, 3.8) is 0 Å². The van der Waals surface area contributed by atoms with E-state index in [-0.39, 0.29) is 58.2 Å². The Hall–Kier alpha value is -0.0148. The first-order valence-electron chi connectivity index (χ1n) is 4.19. The van der Waals surface area contributed by atoms with E-state index in [0.717, 1.165) is 5.56 Å². The van der Waals surface area contributed by atoms with Crippen molar-refractivity contribution in [1.82, 2.24) is 15.0 Å². The molecule has 0 amide bonds. The minimum atomic E-state index is -0.625. The predicted octanol–water partition coefficient (Wildman–Crippen LogP) is -4.17. The molecule has 4 N–H and O–H groups in total. The molecule has 2 rings (SSSR count). The van der Waals surface area contributed by atoms with Crippen molar-refractivity contribution in [3.05, 3.63) is 22.2 Å². The van der Waals surface area contributed by atoms with E-state index >= 15 is 0 Å². The number of rotatable bonds is 2. The Morgan fingerprint density at radius 1 is 1.53 bits per heavy atom. The molecule has 0 radical (unpaired) electrons. The molecular formula is C8H9N4O2Rb. The Bertz CT molecular complexity index is 519. The van der Waals surface area contributed by atoms with Crippen molar-refractivity contribution >= 4 is 11.0 Å². The van der Waals surface area contributed by atoms with Crippen LogP contribution < -0.4 is 74.7 Å². The van der Waals surface area contributed by atoms with Crippen LogP contribution >= 0.6 is 0 Å². The molecule has 0 aliphatic rings. The average molecular weight is 279 g/mol. The van der Waals surface area contributed by atoms with Crippen LogP contribution in [0.15, 0.2) is 11.0 Å². The largest absolute Gasteiger partial charge is 1.00 e. The Kier molecular flexibility index (Phi) is 4.66. The molecule has 0 aromatic carbocycles. The van der Waals surface area contributed by atoms with Gasteiger partial charge in [-0.25, -0.2) is 4.79 Å². The Morgan fingerprint density at radius 3 is 2.93 bits per heavy atom. The molecule has 0 fully saturated rings. The molecule has 2 heterocycles. The standard InChI is InChI=1S/C8H10N4O2.Rb/c9-2-1-4-3-10-6-5(4)11-8(14)12-7(6)13;/h3,10H,1-2,9H2,(H2,11,12,13,14);/q;+1/p-1. The fourth-order valence-corrected chi connectivity index (χ4v) is 1.39. The van der Waals surface area contributed by atoms with Gasteiger partial charge in [-0.05, 0) is 24.4 Å². The maximum absolute atomic E-state index is 11.3. The van der Waals surface area contributed by atoms with E-state index in [0.29, 0.717) is 24.0 Å². The first-order valence-corrected chi connectivity index (χ1v) is 4.19. The van der Waals surface area contributed by atoms with Crippen LogP contribution in [0.1, 0.15) is 5.56 Å². The molecule has 2 aromatic rings. The first-order chi connectivity index (χ1) is 6.72. The van der Waals surface area contributed by atoms with E-state index in [1.165, 1.54) is 0 Å². The van der Waals surface area contributed by atoms with Crippen LogP contribution in [0.3, 0.4) is 0 Å². The second-order valence-electron chi connectivity index (χ2n) is 2.95. The van der Waals surface area contributed by atoms with E-state index in [9.17, 15) is 9.90 Å². The Balaban J connectivity index is 0.00000112. The third-order valence-electron chi connectivity index (χ3n) is 2.01. The molecular weight excluding hydrogens is 270 g/mol. The van der Waals surface area contributed by atoms with Gasteiger partial charge in [-0.1, -0.05) is 0 Å². The number of fused-ring (bicyclic) bond motifs is 1. The molecule has 6 nitrogen and oxygen atoms in total. The van der Waals surface area contributed by atoms with Crippen molar-refractivity contribution in [2.24, 2.45) is 5.73 Å². The number of H-pyrrole nitrogens is 2. The van der Waals surface area contributed by atoms with E-state index in [4.69, 9.17) is 5.73 Å². The zero-order valence-corrected chi connectivity index (χ0v) is 13.2. The fraction of sp³-hybridized carbons (Fsp3) is 0.250. The predicted molar refractivity (Wildman–Crippen MR) is 48.9 cm³/mol. The van der Waals surface area contributed by atoms with Gasteiger partial charge in [-0.15, -0.1) is 0 Å². The molecule has 0 atom stereocenters. The number of aromatic nitrogens is 3. The number of hydrogen-bond donors (Lipinski definition) is 3. The Morgan fingerprint density at radius 2 is 2.27 bits per heavy atom. The summed E-state index contributed by atoms with van der Waals surface area (Å²) >= 11 is 0. The van der Waals surface area contributed by atoms with Gasteiger partial charge in [0.15, 0.2) is 0 Å². The van der Waals surface area contributed by atoms with Crippen LogP contribution in [0.4, 0.5) is 0 Å². The van der Waals surface area contributed by atoms with Gasteiger partial charge in [0.2, 0.25) is 0 Å². The van der Waals surface area contributed by atoms with Crippen LogP contribution in [0.2, 0.25) is 0 Å². The van der Waals surface area contributed by atoms with Crippen molar-refractivity contribution in [3.8, 4) is 5.88 Å². The summed E-state index contributed by atoms with van der Waals surface area (Å²) in [6.45, 7) is 0.454. The summed E-state index contributed by atoms with van der Waals surface area (Å²) in [5, 5.41) is 11.3. The van der Waals surface area contributed by atoms with Gasteiger partial charge in [0, 0.05) is 6.20 Å². The second kappa shape index (κ2) is 5.35. The first kappa shape index (κ1) is 13.1. The van der Waals surface area contributed by atoms with E-state index in [1.54, 1.807) is 6.20 Å². The van der Waals surface area contributed by atoms with Crippen molar-refractivity contribution in [2.45, 2.75) is 6.42 Å². The van der Waals surface area contributed by atoms with Crippen LogP contribution in [0.5, 0.6) is 5.88 Å². The summed E-state index contributed by atoms with van der Waals surface area (Å²) in [5.41, 5.74) is 6.30. The van der Waals surface area contributed by atoms with Gasteiger partial charge >= 0.3 is 63.9 Å². The van der Waals surface area contributed by atoms with Gasteiger partial charge < -0.3 is 20.8 Å². The molecule has 0 saturated heterocycles. The summed E-state index contributed by atoms with van der Waals surface area (Å²) in [6, 6.07) is 0. The Labute approximate surface area is 134 Å². The van der Waals surface area contributed by atoms with Gasteiger partial charge in [-0.3, -0.25) is 0 Å². The summed E-state index contributed by atoms with van der Waals surface area (Å²) in [5.74, 6) is -0.441. The molecule has 0 unspecified atom stereocenters. The molecule has 0 aliphatic carbocycles. The molecule has 15 heavy (non-hydrogen) atoms. The quantitative estimate of drug-likeness (QED) is 0.518. The van der Waals surface area contributed by atoms with Crippen molar-refractivity contribution in [2.75, 3.05) is 6.54 Å². The molecule has 0 spiro atoms. The van der Waals surface area contributed by atoms with Crippen LogP contribution in [0.25, 0.3) is 11.0 Å². The van der Waals surface area contributed by atoms with E-state index in [2.05, 4.69) is 15.0 Å². The SMILES string of the molecule is NCCc1c[nH]c2c([O-])[nH]c(=O)nc12.[Rb+]. The summed E-state index contributed by atoms with van der Waals surface area (Å²) in [7, 11) is 0. The third-order valence-corrected chi connectivity index (χ3v) is 2.01. The van der Waals surface area contributed by atoms with Crippen LogP contribution in [-0.2, 0) is 6.42 Å². The minimum absolute atomic E-state index is 0. The van der Waals surface area contributed by atoms with Gasteiger partial charge in [0.1, 0.15) is 0 Å². The van der Waals surface area contributed by atoms with Crippen LogP contribution in [0, 0.1) is 0 Å². The third kappa shape index (κ3) is 2.57. The normalized spacial score (nSPS) is 10.2. The fourth-order valence-electron chi connectivity index (χ4n) is 1.39. The number of nitrogens with two attached hydrogens (primary N) is 1. The monoisotopic (exact) mass is 278 g/mol. The molecule has 7 heteroatoms. The average Bonchev–Trinajstić information content (AvgIpc) is 2.49. The number of nitrogens with zero attached hydrogens (tertiary/aromatic N) is 1. The number of aromatic amines is 2. The maximum Gasteiger partial charge on any atom is 1.00 e. The van der Waals surface area contributed by atoms with Crippen LogP contribution in [-0.4, -0.2) is 21.5 Å². The number of hydrogen-bond acceptors (Lipinski definition) is 4. The minimum Gasteiger partial charge on any atom is -0.859 e. The topological polar surface area (TPSA) is 111 Å².